The summed E-state index contributed by atoms with van der Waals surface area (Å²) in [6, 6.07) is 0. The van der Waals surface area contributed by atoms with Crippen molar-refractivity contribution in [2.75, 3.05) is 0 Å². The molecule has 0 saturated heterocycles. The van der Waals surface area contributed by atoms with Crippen molar-refractivity contribution in [3.8, 4) is 0 Å². The molecule has 0 fully saturated rings. The van der Waals surface area contributed by atoms with E-state index in [0.29, 0.717) is 0 Å². The largest absolute Gasteiger partial charge is 0.373 e. The summed E-state index contributed by atoms with van der Waals surface area (Å²) in [5.74, 6) is 2.79. The van der Waals surface area contributed by atoms with Gasteiger partial charge in [-0.05, 0) is 0 Å². The zero-order valence-electron chi connectivity index (χ0n) is 4.09. The molecule has 46 valence electrons. The van der Waals surface area contributed by atoms with E-state index in [1.54, 1.807) is 0 Å². The molecular weight excluding hydrogens is 112 g/mol. The molecule has 0 aliphatic heterocycles. The van der Waals surface area contributed by atoms with E-state index in [2.05, 4.69) is 16.5 Å². The van der Waals surface area contributed by atoms with Crippen molar-refractivity contribution in [2.45, 2.75) is 6.42 Å². The molecule has 5 heteroatoms. The van der Waals surface area contributed by atoms with Crippen LogP contribution in [0.3, 0.4) is 0 Å². The maximum Gasteiger partial charge on any atom is 0.333 e. The van der Waals surface area contributed by atoms with E-state index in [9.17, 15) is 9.59 Å². The highest BCUT2D eigenvalue weighted by atomic mass is 16.7. The Hall–Kier alpha value is -1.10. The van der Waals surface area contributed by atoms with E-state index in [1.165, 1.54) is 0 Å². The second kappa shape index (κ2) is 2.98. The molecule has 0 aromatic carbocycles. The number of hydrogen-bond donors (Lipinski definition) is 2. The number of primary amides is 1. The molecule has 0 aliphatic rings. The maximum absolute atomic E-state index is 9.97. The highest BCUT2D eigenvalue weighted by Crippen LogP contribution is 1.76. The summed E-state index contributed by atoms with van der Waals surface area (Å²) in [7, 11) is 0. The molecule has 0 unspecified atom stereocenters. The van der Waals surface area contributed by atoms with Crippen LogP contribution in [-0.4, -0.2) is 11.9 Å². The Balaban J connectivity index is 3.40. The average molecular weight is 118 g/mol. The molecule has 0 aliphatic carbocycles. The van der Waals surface area contributed by atoms with Gasteiger partial charge >= 0.3 is 5.97 Å². The van der Waals surface area contributed by atoms with Gasteiger partial charge < -0.3 is 10.6 Å². The predicted molar refractivity (Wildman–Crippen MR) is 24.1 cm³/mol. The van der Waals surface area contributed by atoms with Crippen molar-refractivity contribution < 1.29 is 14.4 Å². The molecule has 0 aromatic heterocycles. The Labute approximate surface area is 45.5 Å². The minimum Gasteiger partial charge on any atom is -0.373 e. The number of hydrogen-bond acceptors (Lipinski definition) is 4. The highest BCUT2D eigenvalue weighted by Gasteiger charge is 2.03. The standard InChI is InChI=1S/C3H6N2O3/c4-2(6)1-3(7)8-5/h1,5H2,(H2,4,6). The first-order valence-corrected chi connectivity index (χ1v) is 1.84. The van der Waals surface area contributed by atoms with Gasteiger partial charge in [0.05, 0.1) is 0 Å². The second-order valence-electron chi connectivity index (χ2n) is 1.13. The fraction of sp³-hybridized carbons (Fsp3) is 0.333. The molecule has 0 heterocycles. The number of rotatable bonds is 2. The van der Waals surface area contributed by atoms with Crippen molar-refractivity contribution in [3.63, 3.8) is 0 Å². The third kappa shape index (κ3) is 3.10. The Bertz CT molecular complexity index is 111. The third-order valence-electron chi connectivity index (χ3n) is 0.450. The van der Waals surface area contributed by atoms with E-state index in [0.717, 1.165) is 0 Å². The predicted octanol–water partition coefficient (Wildman–Crippen LogP) is -1.72. The first-order chi connectivity index (χ1) is 3.66. The summed E-state index contributed by atoms with van der Waals surface area (Å²) < 4.78 is 0. The van der Waals surface area contributed by atoms with Crippen LogP contribution < -0.4 is 11.6 Å². The monoisotopic (exact) mass is 118 g/mol. The zero-order valence-corrected chi connectivity index (χ0v) is 4.09. The molecule has 0 aromatic rings. The fourth-order valence-electron chi connectivity index (χ4n) is 0.184. The molecule has 0 rings (SSSR count). The van der Waals surface area contributed by atoms with Crippen LogP contribution in [0.2, 0.25) is 0 Å². The zero-order chi connectivity index (χ0) is 6.57. The van der Waals surface area contributed by atoms with Crippen LogP contribution in [-0.2, 0) is 14.4 Å². The van der Waals surface area contributed by atoms with Gasteiger partial charge in [0, 0.05) is 0 Å². The van der Waals surface area contributed by atoms with E-state index in [4.69, 9.17) is 0 Å². The molecule has 0 bridgehead atoms. The number of carbonyl (C=O) groups is 2. The summed E-state index contributed by atoms with van der Waals surface area (Å²) in [5.41, 5.74) is 4.57. The van der Waals surface area contributed by atoms with Crippen LogP contribution in [0.4, 0.5) is 0 Å². The first kappa shape index (κ1) is 6.90. The summed E-state index contributed by atoms with van der Waals surface area (Å²) in [6.45, 7) is 0. The lowest BCUT2D eigenvalue weighted by Gasteiger charge is -1.89. The van der Waals surface area contributed by atoms with E-state index >= 15 is 0 Å². The van der Waals surface area contributed by atoms with Gasteiger partial charge in [0.15, 0.2) is 0 Å². The van der Waals surface area contributed by atoms with Gasteiger partial charge in [-0.15, -0.1) is 0 Å². The molecule has 4 N–H and O–H groups in total. The average Bonchev–Trinajstić information content (AvgIpc) is 1.65. The van der Waals surface area contributed by atoms with Gasteiger partial charge in [0.2, 0.25) is 5.91 Å². The Morgan fingerprint density at radius 2 is 2.00 bits per heavy atom. The third-order valence-corrected chi connectivity index (χ3v) is 0.450. The highest BCUT2D eigenvalue weighted by molar-refractivity contribution is 5.93. The normalized spacial score (nSPS) is 8.12. The molecule has 1 amide bonds. The van der Waals surface area contributed by atoms with Crippen LogP contribution in [0.25, 0.3) is 0 Å². The van der Waals surface area contributed by atoms with Crippen LogP contribution in [0, 0.1) is 0 Å². The van der Waals surface area contributed by atoms with Crippen molar-refractivity contribution in [2.24, 2.45) is 11.6 Å². The lowest BCUT2D eigenvalue weighted by Crippen LogP contribution is -2.19. The molecule has 0 spiro atoms. The second-order valence-corrected chi connectivity index (χ2v) is 1.13. The van der Waals surface area contributed by atoms with Crippen molar-refractivity contribution in [3.05, 3.63) is 0 Å². The van der Waals surface area contributed by atoms with E-state index in [1.807, 2.05) is 0 Å². The molecule has 0 atom stereocenters. The smallest absolute Gasteiger partial charge is 0.333 e. The lowest BCUT2D eigenvalue weighted by atomic mass is 10.4. The van der Waals surface area contributed by atoms with Gasteiger partial charge in [-0.2, -0.15) is 5.90 Å². The van der Waals surface area contributed by atoms with E-state index in [-0.39, 0.29) is 0 Å². The first-order valence-electron chi connectivity index (χ1n) is 1.84. The molecule has 0 radical (unpaired) electrons. The van der Waals surface area contributed by atoms with Crippen molar-refractivity contribution in [1.82, 2.24) is 0 Å². The van der Waals surface area contributed by atoms with Gasteiger partial charge in [-0.3, -0.25) is 4.79 Å². The number of amides is 1. The maximum atomic E-state index is 9.97. The van der Waals surface area contributed by atoms with Crippen LogP contribution in [0.1, 0.15) is 6.42 Å². The topological polar surface area (TPSA) is 95.4 Å². The van der Waals surface area contributed by atoms with Crippen LogP contribution in [0.15, 0.2) is 0 Å². The van der Waals surface area contributed by atoms with Gasteiger partial charge in [0.25, 0.3) is 0 Å². The van der Waals surface area contributed by atoms with Crippen LogP contribution >= 0.6 is 0 Å². The molecule has 0 saturated carbocycles. The Kier molecular flexibility index (Phi) is 2.57. The van der Waals surface area contributed by atoms with Crippen LogP contribution in [0.5, 0.6) is 0 Å². The minimum atomic E-state index is -0.822. The molecular formula is C3H6N2O3. The van der Waals surface area contributed by atoms with Crippen molar-refractivity contribution in [1.29, 1.82) is 0 Å². The SMILES string of the molecule is NOC(=O)CC(N)=O. The minimum absolute atomic E-state index is 0.462. The van der Waals surface area contributed by atoms with Gasteiger partial charge in [-0.25, -0.2) is 4.79 Å². The molecule has 5 nitrogen and oxygen atoms in total. The number of nitrogens with two attached hydrogens (primary N) is 2. The van der Waals surface area contributed by atoms with Gasteiger partial charge in [0.1, 0.15) is 6.42 Å². The number of carbonyl (C=O) groups excluding carboxylic acids is 2. The van der Waals surface area contributed by atoms with Gasteiger partial charge in [-0.1, -0.05) is 0 Å². The Morgan fingerprint density at radius 1 is 1.50 bits per heavy atom. The Morgan fingerprint density at radius 3 is 2.12 bits per heavy atom. The molecule has 8 heavy (non-hydrogen) atoms. The summed E-state index contributed by atoms with van der Waals surface area (Å²) in [6.07, 6.45) is -0.462. The summed E-state index contributed by atoms with van der Waals surface area (Å²) >= 11 is 0. The lowest BCUT2D eigenvalue weighted by molar-refractivity contribution is -0.146. The van der Waals surface area contributed by atoms with Crippen molar-refractivity contribution >= 4 is 11.9 Å². The quantitative estimate of drug-likeness (QED) is 0.333. The summed E-state index contributed by atoms with van der Waals surface area (Å²) in [4.78, 5) is 23.4. The summed E-state index contributed by atoms with van der Waals surface area (Å²) in [5, 5.41) is 0. The fourth-order valence-corrected chi connectivity index (χ4v) is 0.184. The van der Waals surface area contributed by atoms with E-state index < -0.39 is 18.3 Å².